The highest BCUT2D eigenvalue weighted by Gasteiger charge is 2.53. The number of carbonyl (C=O) groups excluding carboxylic acids is 1. The lowest BCUT2D eigenvalue weighted by Crippen LogP contribution is -2.27. The number of fused-ring (bicyclic) bond motifs is 1. The molecule has 0 N–H and O–H groups in total. The molecule has 0 aromatic heterocycles. The van der Waals surface area contributed by atoms with Crippen LogP contribution < -0.4 is 0 Å². The number of rotatable bonds is 4. The van der Waals surface area contributed by atoms with Crippen LogP contribution in [0.3, 0.4) is 0 Å². The molecule has 0 unspecified atom stereocenters. The Labute approximate surface area is 111 Å². The standard InChI is InChI=1S/C16H26O2/c1-5-7-13-14(16(17)18-4)9-12-8-11(6-2)10(3)15(12)13/h5,10-15H,1,6-9H2,2-4H3/t10-,11+,12+,13+,14+,15+/m0/s1. The summed E-state index contributed by atoms with van der Waals surface area (Å²) in [5.41, 5.74) is 0. The molecule has 6 atom stereocenters. The Morgan fingerprint density at radius 2 is 2.17 bits per heavy atom. The Bertz CT molecular complexity index is 323. The second kappa shape index (κ2) is 5.46. The predicted octanol–water partition coefficient (Wildman–Crippen LogP) is 3.67. The molecule has 0 aliphatic heterocycles. The minimum Gasteiger partial charge on any atom is -0.469 e. The molecular formula is C16H26O2. The van der Waals surface area contributed by atoms with Gasteiger partial charge in [0.2, 0.25) is 0 Å². The molecule has 2 fully saturated rings. The summed E-state index contributed by atoms with van der Waals surface area (Å²) >= 11 is 0. The topological polar surface area (TPSA) is 26.3 Å². The van der Waals surface area contributed by atoms with Crippen LogP contribution in [-0.4, -0.2) is 13.1 Å². The Hall–Kier alpha value is -0.790. The van der Waals surface area contributed by atoms with Gasteiger partial charge in [-0.1, -0.05) is 26.3 Å². The number of esters is 1. The Balaban J connectivity index is 2.18. The van der Waals surface area contributed by atoms with E-state index in [0.717, 1.165) is 30.6 Å². The van der Waals surface area contributed by atoms with Crippen molar-refractivity contribution in [3.8, 4) is 0 Å². The highest BCUT2D eigenvalue weighted by atomic mass is 16.5. The summed E-state index contributed by atoms with van der Waals surface area (Å²) in [4.78, 5) is 11.9. The summed E-state index contributed by atoms with van der Waals surface area (Å²) in [7, 11) is 1.51. The first-order valence-electron chi connectivity index (χ1n) is 7.32. The molecule has 2 heteroatoms. The van der Waals surface area contributed by atoms with Crippen LogP contribution in [-0.2, 0) is 9.53 Å². The number of hydrogen-bond donors (Lipinski definition) is 0. The zero-order valence-electron chi connectivity index (χ0n) is 11.9. The van der Waals surface area contributed by atoms with Crippen LogP contribution in [0.4, 0.5) is 0 Å². The first-order chi connectivity index (χ1) is 8.63. The van der Waals surface area contributed by atoms with Crippen LogP contribution in [0.15, 0.2) is 12.7 Å². The zero-order valence-corrected chi connectivity index (χ0v) is 11.9. The number of hydrogen-bond acceptors (Lipinski definition) is 2. The first-order valence-corrected chi connectivity index (χ1v) is 7.32. The van der Waals surface area contributed by atoms with Gasteiger partial charge in [-0.25, -0.2) is 0 Å². The third-order valence-electron chi connectivity index (χ3n) is 5.54. The normalized spacial score (nSPS) is 42.6. The molecule has 2 nitrogen and oxygen atoms in total. The maximum Gasteiger partial charge on any atom is 0.308 e. The molecular weight excluding hydrogens is 224 g/mol. The van der Waals surface area contributed by atoms with Gasteiger partial charge in [-0.05, 0) is 48.9 Å². The number of carbonyl (C=O) groups is 1. The fraction of sp³-hybridized carbons (Fsp3) is 0.812. The van der Waals surface area contributed by atoms with Crippen molar-refractivity contribution in [2.75, 3.05) is 7.11 Å². The molecule has 0 aromatic rings. The smallest absolute Gasteiger partial charge is 0.308 e. The lowest BCUT2D eigenvalue weighted by Gasteiger charge is -2.27. The Morgan fingerprint density at radius 3 is 2.72 bits per heavy atom. The van der Waals surface area contributed by atoms with Gasteiger partial charge in [-0.3, -0.25) is 4.79 Å². The van der Waals surface area contributed by atoms with E-state index < -0.39 is 0 Å². The van der Waals surface area contributed by atoms with Crippen LogP contribution in [0.25, 0.3) is 0 Å². The summed E-state index contributed by atoms with van der Waals surface area (Å²) in [6, 6.07) is 0. The van der Waals surface area contributed by atoms with Crippen molar-refractivity contribution in [2.24, 2.45) is 35.5 Å². The van der Waals surface area contributed by atoms with Gasteiger partial charge in [0, 0.05) is 0 Å². The van der Waals surface area contributed by atoms with Crippen molar-refractivity contribution in [2.45, 2.75) is 39.5 Å². The summed E-state index contributed by atoms with van der Waals surface area (Å²) in [6.45, 7) is 8.55. The van der Waals surface area contributed by atoms with Gasteiger partial charge < -0.3 is 4.74 Å². The summed E-state index contributed by atoms with van der Waals surface area (Å²) in [5.74, 6) is 3.62. The van der Waals surface area contributed by atoms with Crippen LogP contribution in [0, 0.1) is 35.5 Å². The number of ether oxygens (including phenoxy) is 1. The fourth-order valence-corrected chi connectivity index (χ4v) is 4.74. The Morgan fingerprint density at radius 1 is 1.44 bits per heavy atom. The summed E-state index contributed by atoms with van der Waals surface area (Å²) < 4.78 is 4.99. The van der Waals surface area contributed by atoms with Gasteiger partial charge >= 0.3 is 5.97 Å². The second-order valence-electron chi connectivity index (χ2n) is 6.15. The lowest BCUT2D eigenvalue weighted by molar-refractivity contribution is -0.147. The molecule has 2 saturated carbocycles. The molecule has 0 radical (unpaired) electrons. The van der Waals surface area contributed by atoms with E-state index in [4.69, 9.17) is 4.74 Å². The van der Waals surface area contributed by atoms with Crippen LogP contribution in [0.2, 0.25) is 0 Å². The molecule has 0 aromatic carbocycles. The summed E-state index contributed by atoms with van der Waals surface area (Å²) in [6.07, 6.45) is 6.56. The van der Waals surface area contributed by atoms with E-state index >= 15 is 0 Å². The van der Waals surface area contributed by atoms with Gasteiger partial charge in [0.25, 0.3) is 0 Å². The molecule has 0 heterocycles. The van der Waals surface area contributed by atoms with E-state index in [1.807, 2.05) is 6.08 Å². The first kappa shape index (κ1) is 13.6. The molecule has 2 rings (SSSR count). The van der Waals surface area contributed by atoms with E-state index in [0.29, 0.717) is 11.8 Å². The maximum atomic E-state index is 11.9. The van der Waals surface area contributed by atoms with E-state index in [1.54, 1.807) is 0 Å². The molecule has 0 spiro atoms. The molecule has 2 aliphatic carbocycles. The molecule has 0 amide bonds. The maximum absolute atomic E-state index is 11.9. The van der Waals surface area contributed by atoms with Gasteiger partial charge in [0.05, 0.1) is 13.0 Å². The van der Waals surface area contributed by atoms with Crippen molar-refractivity contribution in [1.29, 1.82) is 0 Å². The fourth-order valence-electron chi connectivity index (χ4n) is 4.74. The SMILES string of the molecule is C=CC[C@H]1[C@H]2[C@H](C[C@@H](CC)[C@@H]2C)C[C@H]1C(=O)OC. The van der Waals surface area contributed by atoms with Crippen LogP contribution >= 0.6 is 0 Å². The van der Waals surface area contributed by atoms with Gasteiger partial charge in [0.1, 0.15) is 0 Å². The minimum absolute atomic E-state index is 0.00324. The van der Waals surface area contributed by atoms with E-state index in [9.17, 15) is 4.79 Å². The zero-order chi connectivity index (χ0) is 13.3. The number of allylic oxidation sites excluding steroid dienone is 1. The van der Waals surface area contributed by atoms with Crippen LogP contribution in [0.5, 0.6) is 0 Å². The molecule has 102 valence electrons. The van der Waals surface area contributed by atoms with E-state index in [1.165, 1.54) is 20.0 Å². The van der Waals surface area contributed by atoms with Crippen molar-refractivity contribution in [1.82, 2.24) is 0 Å². The predicted molar refractivity (Wildman–Crippen MR) is 73.0 cm³/mol. The number of methoxy groups -OCH3 is 1. The van der Waals surface area contributed by atoms with E-state index in [2.05, 4.69) is 20.4 Å². The third-order valence-corrected chi connectivity index (χ3v) is 5.54. The largest absolute Gasteiger partial charge is 0.469 e. The molecule has 2 aliphatic rings. The quantitative estimate of drug-likeness (QED) is 0.562. The van der Waals surface area contributed by atoms with Crippen molar-refractivity contribution in [3.63, 3.8) is 0 Å². The van der Waals surface area contributed by atoms with Gasteiger partial charge in [0.15, 0.2) is 0 Å². The van der Waals surface area contributed by atoms with Gasteiger partial charge in [-0.2, -0.15) is 0 Å². The van der Waals surface area contributed by atoms with Crippen LogP contribution in [0.1, 0.15) is 39.5 Å². The monoisotopic (exact) mass is 250 g/mol. The second-order valence-corrected chi connectivity index (χ2v) is 6.15. The van der Waals surface area contributed by atoms with Crippen molar-refractivity contribution in [3.05, 3.63) is 12.7 Å². The highest BCUT2D eigenvalue weighted by molar-refractivity contribution is 5.73. The molecule has 18 heavy (non-hydrogen) atoms. The van der Waals surface area contributed by atoms with Gasteiger partial charge in [-0.15, -0.1) is 6.58 Å². The highest BCUT2D eigenvalue weighted by Crippen LogP contribution is 2.57. The molecule has 0 saturated heterocycles. The van der Waals surface area contributed by atoms with Crippen molar-refractivity contribution < 1.29 is 9.53 Å². The Kier molecular flexibility index (Phi) is 4.14. The molecule has 0 bridgehead atoms. The summed E-state index contributed by atoms with van der Waals surface area (Å²) in [5, 5.41) is 0. The van der Waals surface area contributed by atoms with Crippen molar-refractivity contribution >= 4 is 5.97 Å². The lowest BCUT2D eigenvalue weighted by atomic mass is 9.78. The third kappa shape index (κ3) is 2.10. The average molecular weight is 250 g/mol. The average Bonchev–Trinajstić information content (AvgIpc) is 2.87. The van der Waals surface area contributed by atoms with E-state index in [-0.39, 0.29) is 11.9 Å². The minimum atomic E-state index is -0.00324.